The highest BCUT2D eigenvalue weighted by molar-refractivity contribution is 5.81. The van der Waals surface area contributed by atoms with E-state index in [-0.39, 0.29) is 24.5 Å². The van der Waals surface area contributed by atoms with Gasteiger partial charge in [0.1, 0.15) is 6.61 Å². The van der Waals surface area contributed by atoms with Gasteiger partial charge in [-0.25, -0.2) is 4.79 Å². The minimum atomic E-state index is -0.658. The lowest BCUT2D eigenvalue weighted by Crippen LogP contribution is -2.40. The molecule has 0 fully saturated rings. The second kappa shape index (κ2) is 8.00. The average Bonchev–Trinajstić information content (AvgIpc) is 2.39. The molecule has 0 atom stereocenters. The summed E-state index contributed by atoms with van der Waals surface area (Å²) in [6.45, 7) is 13.6. The lowest BCUT2D eigenvalue weighted by Gasteiger charge is -2.36. The molecule has 6 nitrogen and oxygen atoms in total. The SMILES string of the molecule is CC/C(C)=N\OC(=O)NCCOC(=O)C(C)(C)C(C)(C)C. The highest BCUT2D eigenvalue weighted by atomic mass is 16.7. The van der Waals surface area contributed by atoms with Crippen LogP contribution < -0.4 is 5.32 Å². The number of amides is 1. The molecule has 0 heterocycles. The van der Waals surface area contributed by atoms with Crippen molar-refractivity contribution < 1.29 is 19.2 Å². The summed E-state index contributed by atoms with van der Waals surface area (Å²) in [5.74, 6) is -0.287. The molecule has 0 spiro atoms. The topological polar surface area (TPSA) is 77.0 Å². The van der Waals surface area contributed by atoms with Crippen molar-refractivity contribution in [2.75, 3.05) is 13.2 Å². The Morgan fingerprint density at radius 2 is 1.71 bits per heavy atom. The lowest BCUT2D eigenvalue weighted by molar-refractivity contribution is -0.160. The lowest BCUT2D eigenvalue weighted by atomic mass is 9.69. The van der Waals surface area contributed by atoms with Crippen molar-refractivity contribution in [1.29, 1.82) is 0 Å². The van der Waals surface area contributed by atoms with E-state index in [2.05, 4.69) is 15.3 Å². The van der Waals surface area contributed by atoms with E-state index in [4.69, 9.17) is 4.74 Å². The second-order valence-corrected chi connectivity index (χ2v) is 6.50. The molecule has 0 aliphatic heterocycles. The van der Waals surface area contributed by atoms with Gasteiger partial charge >= 0.3 is 12.1 Å². The molecule has 1 amide bonds. The number of ether oxygens (including phenoxy) is 1. The summed E-state index contributed by atoms with van der Waals surface area (Å²) >= 11 is 0. The predicted molar refractivity (Wildman–Crippen MR) is 82.1 cm³/mol. The van der Waals surface area contributed by atoms with E-state index >= 15 is 0 Å². The monoisotopic (exact) mass is 300 g/mol. The van der Waals surface area contributed by atoms with Crippen molar-refractivity contribution in [3.8, 4) is 0 Å². The first-order valence-electron chi connectivity index (χ1n) is 7.18. The minimum absolute atomic E-state index is 0.101. The van der Waals surface area contributed by atoms with Gasteiger partial charge < -0.3 is 10.1 Å². The zero-order valence-corrected chi connectivity index (χ0v) is 14.2. The quantitative estimate of drug-likeness (QED) is 0.269. The number of hydrogen-bond donors (Lipinski definition) is 1. The molecule has 0 saturated carbocycles. The van der Waals surface area contributed by atoms with Crippen LogP contribution in [0.25, 0.3) is 0 Å². The van der Waals surface area contributed by atoms with Crippen molar-refractivity contribution in [2.45, 2.75) is 54.9 Å². The predicted octanol–water partition coefficient (Wildman–Crippen LogP) is 3.11. The number of hydrogen-bond acceptors (Lipinski definition) is 5. The Bertz CT molecular complexity index is 395. The molecule has 0 aliphatic rings. The smallest absolute Gasteiger partial charge is 0.433 e. The summed E-state index contributed by atoms with van der Waals surface area (Å²) in [5, 5.41) is 6.09. The van der Waals surface area contributed by atoms with Crippen LogP contribution in [-0.2, 0) is 14.4 Å². The van der Waals surface area contributed by atoms with Crippen molar-refractivity contribution >= 4 is 17.8 Å². The molecule has 0 aromatic heterocycles. The van der Waals surface area contributed by atoms with Crippen LogP contribution >= 0.6 is 0 Å². The summed E-state index contributed by atoms with van der Waals surface area (Å²) in [4.78, 5) is 27.9. The average molecular weight is 300 g/mol. The van der Waals surface area contributed by atoms with E-state index in [1.54, 1.807) is 6.92 Å². The largest absolute Gasteiger partial charge is 0.463 e. The van der Waals surface area contributed by atoms with Gasteiger partial charge in [0.25, 0.3) is 0 Å². The first kappa shape index (κ1) is 19.4. The summed E-state index contributed by atoms with van der Waals surface area (Å²) in [6.07, 6.45) is 0.0567. The Morgan fingerprint density at radius 3 is 2.19 bits per heavy atom. The summed E-state index contributed by atoms with van der Waals surface area (Å²) in [7, 11) is 0. The second-order valence-electron chi connectivity index (χ2n) is 6.50. The molecule has 0 aromatic carbocycles. The van der Waals surface area contributed by atoms with Gasteiger partial charge in [0.15, 0.2) is 0 Å². The highest BCUT2D eigenvalue weighted by Gasteiger charge is 2.41. The minimum Gasteiger partial charge on any atom is -0.463 e. The first-order valence-corrected chi connectivity index (χ1v) is 7.18. The molecule has 1 N–H and O–H groups in total. The van der Waals surface area contributed by atoms with Crippen LogP contribution in [-0.4, -0.2) is 30.9 Å². The summed E-state index contributed by atoms with van der Waals surface area (Å²) in [6, 6.07) is 0. The van der Waals surface area contributed by atoms with Crippen LogP contribution in [0.15, 0.2) is 5.16 Å². The van der Waals surface area contributed by atoms with Gasteiger partial charge in [-0.1, -0.05) is 32.9 Å². The van der Waals surface area contributed by atoms with Gasteiger partial charge in [0, 0.05) is 0 Å². The molecule has 0 unspecified atom stereocenters. The van der Waals surface area contributed by atoms with Crippen molar-refractivity contribution in [3.05, 3.63) is 0 Å². The van der Waals surface area contributed by atoms with Crippen LogP contribution in [0.1, 0.15) is 54.9 Å². The summed E-state index contributed by atoms with van der Waals surface area (Å²) < 4.78 is 5.19. The number of carbonyl (C=O) groups excluding carboxylic acids is 2. The Hall–Kier alpha value is -1.59. The van der Waals surface area contributed by atoms with Crippen molar-refractivity contribution in [2.24, 2.45) is 16.0 Å². The van der Waals surface area contributed by atoms with Gasteiger partial charge in [-0.05, 0) is 32.6 Å². The van der Waals surface area contributed by atoms with Gasteiger partial charge in [-0.15, -0.1) is 0 Å². The zero-order valence-electron chi connectivity index (χ0n) is 14.2. The Balaban J connectivity index is 4.07. The van der Waals surface area contributed by atoms with E-state index in [1.807, 2.05) is 41.5 Å². The third-order valence-corrected chi connectivity index (χ3v) is 3.79. The fourth-order valence-electron chi connectivity index (χ4n) is 1.000. The van der Waals surface area contributed by atoms with Crippen LogP contribution in [0.4, 0.5) is 4.79 Å². The third-order valence-electron chi connectivity index (χ3n) is 3.79. The summed E-state index contributed by atoms with van der Waals surface area (Å²) in [5.41, 5.74) is -0.0812. The third kappa shape index (κ3) is 6.60. The van der Waals surface area contributed by atoms with Crippen molar-refractivity contribution in [1.82, 2.24) is 5.32 Å². The normalized spacial score (nSPS) is 12.8. The molecule has 0 saturated heterocycles. The molecule has 0 bridgehead atoms. The zero-order chi connectivity index (χ0) is 16.7. The number of oxime groups is 1. The molecule has 0 aliphatic carbocycles. The molecule has 0 radical (unpaired) electrons. The molecule has 122 valence electrons. The first-order chi connectivity index (χ1) is 9.52. The molecule has 6 heteroatoms. The highest BCUT2D eigenvalue weighted by Crippen LogP contribution is 2.38. The van der Waals surface area contributed by atoms with E-state index in [9.17, 15) is 9.59 Å². The maximum absolute atomic E-state index is 12.0. The van der Waals surface area contributed by atoms with Gasteiger partial charge in [-0.3, -0.25) is 9.63 Å². The molecule has 0 rings (SSSR count). The molecular weight excluding hydrogens is 272 g/mol. The number of nitrogens with one attached hydrogen (secondary N) is 1. The Morgan fingerprint density at radius 1 is 1.14 bits per heavy atom. The van der Waals surface area contributed by atoms with E-state index in [0.29, 0.717) is 6.42 Å². The number of carbonyl (C=O) groups is 2. The van der Waals surface area contributed by atoms with Crippen LogP contribution in [0.3, 0.4) is 0 Å². The van der Waals surface area contributed by atoms with Crippen molar-refractivity contribution in [3.63, 3.8) is 0 Å². The van der Waals surface area contributed by atoms with E-state index < -0.39 is 11.5 Å². The van der Waals surface area contributed by atoms with Gasteiger partial charge in [0.2, 0.25) is 0 Å². The molecule has 0 aromatic rings. The number of nitrogens with zero attached hydrogens (tertiary/aromatic N) is 1. The van der Waals surface area contributed by atoms with E-state index in [0.717, 1.165) is 5.71 Å². The number of rotatable bonds is 6. The fourth-order valence-corrected chi connectivity index (χ4v) is 1.000. The Kier molecular flexibility index (Phi) is 7.39. The Labute approximate surface area is 127 Å². The van der Waals surface area contributed by atoms with Crippen LogP contribution in [0.2, 0.25) is 0 Å². The van der Waals surface area contributed by atoms with Crippen LogP contribution in [0, 0.1) is 10.8 Å². The van der Waals surface area contributed by atoms with Crippen LogP contribution in [0.5, 0.6) is 0 Å². The maximum atomic E-state index is 12.0. The van der Waals surface area contributed by atoms with Gasteiger partial charge in [-0.2, -0.15) is 0 Å². The molecule has 21 heavy (non-hydrogen) atoms. The molecular formula is C15H28N2O4. The van der Waals surface area contributed by atoms with Gasteiger partial charge in [0.05, 0.1) is 17.7 Å². The fraction of sp³-hybridized carbons (Fsp3) is 0.800. The standard InChI is InChI=1S/C15H28N2O4/c1-8-11(2)17-21-13(19)16-9-10-20-12(18)15(6,7)14(3,4)5/h8-10H2,1-7H3,(H,16,19)/b17-11-. The number of esters is 1. The maximum Gasteiger partial charge on any atom is 0.433 e. The van der Waals surface area contributed by atoms with E-state index in [1.165, 1.54) is 0 Å².